The molecule has 6 heteroatoms. The number of hydrogen-bond acceptors (Lipinski definition) is 3. The van der Waals surface area contributed by atoms with Crippen molar-refractivity contribution >= 4 is 23.4 Å². The topological polar surface area (TPSA) is 58.6 Å². The van der Waals surface area contributed by atoms with Crippen LogP contribution >= 0.6 is 11.6 Å². The molecule has 2 amide bonds. The van der Waals surface area contributed by atoms with Crippen LogP contribution in [-0.4, -0.2) is 34.9 Å². The largest absolute Gasteiger partial charge is 0.484 e. The third-order valence-corrected chi connectivity index (χ3v) is 5.99. The summed E-state index contributed by atoms with van der Waals surface area (Å²) in [7, 11) is 0. The van der Waals surface area contributed by atoms with E-state index in [-0.39, 0.29) is 25.0 Å². The molecule has 3 aromatic carbocycles. The highest BCUT2D eigenvalue weighted by atomic mass is 35.5. The van der Waals surface area contributed by atoms with Crippen molar-refractivity contribution in [2.75, 3.05) is 6.61 Å². The average molecular weight is 507 g/mol. The highest BCUT2D eigenvalue weighted by Gasteiger charge is 2.32. The Hall–Kier alpha value is -3.31. The molecule has 3 aromatic rings. The Labute approximate surface area is 219 Å². The number of halogens is 1. The molecule has 5 nitrogen and oxygen atoms in total. The van der Waals surface area contributed by atoms with Gasteiger partial charge in [-0.2, -0.15) is 0 Å². The third-order valence-electron chi connectivity index (χ3n) is 5.63. The molecule has 0 aliphatic heterocycles. The molecule has 0 aromatic heterocycles. The molecule has 1 unspecified atom stereocenters. The maximum absolute atomic E-state index is 13.7. The first-order valence-electron chi connectivity index (χ1n) is 12.1. The highest BCUT2D eigenvalue weighted by Crippen LogP contribution is 2.22. The minimum Gasteiger partial charge on any atom is -0.484 e. The van der Waals surface area contributed by atoms with Crippen molar-refractivity contribution in [3.8, 4) is 5.75 Å². The monoisotopic (exact) mass is 506 g/mol. The molecular weight excluding hydrogens is 472 g/mol. The van der Waals surface area contributed by atoms with Gasteiger partial charge in [-0.3, -0.25) is 9.59 Å². The second-order valence-electron chi connectivity index (χ2n) is 10.2. The van der Waals surface area contributed by atoms with Crippen LogP contribution in [-0.2, 0) is 22.6 Å². The maximum Gasteiger partial charge on any atom is 0.261 e. The summed E-state index contributed by atoms with van der Waals surface area (Å²) in [4.78, 5) is 28.8. The second-order valence-corrected chi connectivity index (χ2v) is 10.6. The summed E-state index contributed by atoms with van der Waals surface area (Å²) >= 11 is 6.46. The van der Waals surface area contributed by atoms with Gasteiger partial charge in [0.15, 0.2) is 6.61 Å². The van der Waals surface area contributed by atoms with Crippen molar-refractivity contribution in [3.63, 3.8) is 0 Å². The van der Waals surface area contributed by atoms with Crippen molar-refractivity contribution < 1.29 is 14.3 Å². The van der Waals surface area contributed by atoms with Gasteiger partial charge in [0.25, 0.3) is 5.91 Å². The molecule has 0 aliphatic carbocycles. The molecule has 36 heavy (non-hydrogen) atoms. The van der Waals surface area contributed by atoms with Crippen LogP contribution in [0, 0.1) is 13.8 Å². The summed E-state index contributed by atoms with van der Waals surface area (Å²) in [5.41, 5.74) is 3.37. The molecule has 0 aliphatic rings. The van der Waals surface area contributed by atoms with E-state index in [0.717, 1.165) is 22.3 Å². The van der Waals surface area contributed by atoms with E-state index in [4.69, 9.17) is 16.3 Å². The number of nitrogens with zero attached hydrogens (tertiary/aromatic N) is 1. The second kappa shape index (κ2) is 12.1. The molecule has 0 bridgehead atoms. The lowest BCUT2D eigenvalue weighted by Crippen LogP contribution is -2.55. The van der Waals surface area contributed by atoms with Crippen LogP contribution in [0.25, 0.3) is 0 Å². The zero-order valence-corrected chi connectivity index (χ0v) is 22.4. The number of carbonyl (C=O) groups is 2. The van der Waals surface area contributed by atoms with E-state index in [1.54, 1.807) is 11.0 Å². The lowest BCUT2D eigenvalue weighted by atomic mass is 10.0. The Bertz CT molecular complexity index is 1170. The van der Waals surface area contributed by atoms with Gasteiger partial charge in [-0.1, -0.05) is 66.2 Å². The van der Waals surface area contributed by atoms with E-state index in [1.165, 1.54) is 0 Å². The Morgan fingerprint density at radius 1 is 0.944 bits per heavy atom. The molecular formula is C30H35ClN2O3. The van der Waals surface area contributed by atoms with E-state index in [1.807, 2.05) is 101 Å². The Kier molecular flexibility index (Phi) is 9.16. The van der Waals surface area contributed by atoms with Gasteiger partial charge in [-0.05, 0) is 75.1 Å². The molecule has 1 atom stereocenters. The molecule has 3 rings (SSSR count). The fourth-order valence-corrected chi connectivity index (χ4v) is 4.26. The van der Waals surface area contributed by atoms with Gasteiger partial charge >= 0.3 is 0 Å². The van der Waals surface area contributed by atoms with Crippen LogP contribution in [0.15, 0.2) is 72.8 Å². The minimum absolute atomic E-state index is 0.184. The van der Waals surface area contributed by atoms with Crippen molar-refractivity contribution in [2.24, 2.45) is 0 Å². The minimum atomic E-state index is -0.752. The van der Waals surface area contributed by atoms with E-state index in [9.17, 15) is 9.59 Å². The summed E-state index contributed by atoms with van der Waals surface area (Å²) in [5.74, 6) is 0.106. The fourth-order valence-electron chi connectivity index (χ4n) is 4.06. The SMILES string of the molecule is Cc1cc(C)cc(OCC(=O)N(Cc2ccccc2Cl)C(Cc2ccccc2)C(=O)NC(C)(C)C)c1. The van der Waals surface area contributed by atoms with E-state index in [0.29, 0.717) is 17.2 Å². The number of benzene rings is 3. The van der Waals surface area contributed by atoms with Crippen molar-refractivity contribution in [1.29, 1.82) is 0 Å². The molecule has 0 fully saturated rings. The fraction of sp³-hybridized carbons (Fsp3) is 0.333. The molecule has 0 radical (unpaired) electrons. The smallest absolute Gasteiger partial charge is 0.261 e. The molecule has 0 spiro atoms. The van der Waals surface area contributed by atoms with E-state index in [2.05, 4.69) is 5.32 Å². The van der Waals surface area contributed by atoms with E-state index >= 15 is 0 Å². The number of carbonyl (C=O) groups excluding carboxylic acids is 2. The van der Waals surface area contributed by atoms with Gasteiger partial charge in [-0.25, -0.2) is 0 Å². The lowest BCUT2D eigenvalue weighted by molar-refractivity contribution is -0.143. The standard InChI is InChI=1S/C30H35ClN2O3/c1-21-15-22(2)17-25(16-21)36-20-28(34)33(19-24-13-9-10-14-26(24)31)27(29(35)32-30(3,4)5)18-23-11-7-6-8-12-23/h6-17,27H,18-20H2,1-5H3,(H,32,35). The van der Waals surface area contributed by atoms with Gasteiger partial charge in [0.1, 0.15) is 11.8 Å². The van der Waals surface area contributed by atoms with Gasteiger partial charge in [0, 0.05) is 23.5 Å². The molecule has 1 N–H and O–H groups in total. The molecule has 0 saturated heterocycles. The number of ether oxygens (including phenoxy) is 1. The first-order chi connectivity index (χ1) is 17.0. The predicted molar refractivity (Wildman–Crippen MR) is 145 cm³/mol. The Balaban J connectivity index is 1.95. The van der Waals surface area contributed by atoms with E-state index < -0.39 is 11.6 Å². The average Bonchev–Trinajstić information content (AvgIpc) is 2.80. The summed E-state index contributed by atoms with van der Waals surface area (Å²) < 4.78 is 5.90. The van der Waals surface area contributed by atoms with Gasteiger partial charge in [0.2, 0.25) is 5.91 Å². The van der Waals surface area contributed by atoms with Crippen LogP contribution in [0.1, 0.15) is 43.0 Å². The summed E-state index contributed by atoms with van der Waals surface area (Å²) in [6.07, 6.45) is 0.364. The van der Waals surface area contributed by atoms with Crippen LogP contribution in [0.2, 0.25) is 5.02 Å². The predicted octanol–water partition coefficient (Wildman–Crippen LogP) is 5.89. The van der Waals surface area contributed by atoms with Crippen LogP contribution in [0.5, 0.6) is 5.75 Å². The van der Waals surface area contributed by atoms with Crippen LogP contribution < -0.4 is 10.1 Å². The number of hydrogen-bond donors (Lipinski definition) is 1. The number of aryl methyl sites for hydroxylation is 2. The zero-order chi connectivity index (χ0) is 26.3. The van der Waals surface area contributed by atoms with Gasteiger partial charge in [-0.15, -0.1) is 0 Å². The lowest BCUT2D eigenvalue weighted by Gasteiger charge is -2.34. The summed E-state index contributed by atoms with van der Waals surface area (Å²) in [6, 6.07) is 22.2. The maximum atomic E-state index is 13.7. The summed E-state index contributed by atoms with van der Waals surface area (Å²) in [5, 5.41) is 3.60. The number of nitrogens with one attached hydrogen (secondary N) is 1. The first kappa shape index (κ1) is 27.3. The zero-order valence-electron chi connectivity index (χ0n) is 21.7. The molecule has 0 saturated carbocycles. The normalized spacial score (nSPS) is 12.1. The Morgan fingerprint density at radius 3 is 2.17 bits per heavy atom. The summed E-state index contributed by atoms with van der Waals surface area (Å²) in [6.45, 7) is 9.73. The van der Waals surface area contributed by atoms with Crippen LogP contribution in [0.4, 0.5) is 0 Å². The molecule has 0 heterocycles. The van der Waals surface area contributed by atoms with Crippen LogP contribution in [0.3, 0.4) is 0 Å². The van der Waals surface area contributed by atoms with Crippen molar-refractivity contribution in [2.45, 2.75) is 59.2 Å². The van der Waals surface area contributed by atoms with Crippen molar-refractivity contribution in [3.05, 3.63) is 100 Å². The third kappa shape index (κ3) is 8.13. The number of rotatable bonds is 9. The highest BCUT2D eigenvalue weighted by molar-refractivity contribution is 6.31. The first-order valence-corrected chi connectivity index (χ1v) is 12.5. The quantitative estimate of drug-likeness (QED) is 0.393. The Morgan fingerprint density at radius 2 is 1.56 bits per heavy atom. The van der Waals surface area contributed by atoms with Gasteiger partial charge < -0.3 is 15.0 Å². The van der Waals surface area contributed by atoms with Gasteiger partial charge in [0.05, 0.1) is 0 Å². The number of amides is 2. The van der Waals surface area contributed by atoms with Crippen molar-refractivity contribution in [1.82, 2.24) is 10.2 Å². The molecule has 190 valence electrons.